The van der Waals surface area contributed by atoms with Gasteiger partial charge in [-0.25, -0.2) is 9.97 Å². The molecule has 294 valence electrons. The first-order chi connectivity index (χ1) is 31.3. The molecule has 0 atom stereocenters. The van der Waals surface area contributed by atoms with Gasteiger partial charge in [0, 0.05) is 54.8 Å². The van der Waals surface area contributed by atoms with E-state index in [9.17, 15) is 0 Å². The van der Waals surface area contributed by atoms with Crippen LogP contribution in [0.25, 0.3) is 88.9 Å². The fraction of sp³-hybridized carbons (Fsp3) is 0. The highest BCUT2D eigenvalue weighted by molar-refractivity contribution is 7.22. The van der Waals surface area contributed by atoms with Crippen molar-refractivity contribution in [1.82, 2.24) is 19.1 Å². The lowest BCUT2D eigenvalue weighted by atomic mass is 10.1. The number of para-hydroxylation sites is 3. The molecular formula is C58H38N4Si. The Balaban J connectivity index is 1.05. The largest absolute Gasteiger partial charge is 0.309 e. The van der Waals surface area contributed by atoms with E-state index in [2.05, 4.69) is 240 Å². The number of nitrogens with zero attached hydrogens (tertiary/aromatic N) is 4. The Labute approximate surface area is 365 Å². The quantitative estimate of drug-likeness (QED) is 0.157. The molecule has 4 nitrogen and oxygen atoms in total. The molecule has 3 aromatic heterocycles. The average molecular weight is 819 g/mol. The Morgan fingerprint density at radius 3 is 1.59 bits per heavy atom. The second-order valence-electron chi connectivity index (χ2n) is 16.5. The van der Waals surface area contributed by atoms with Gasteiger partial charge in [0.15, 0.2) is 13.9 Å². The molecule has 5 heteroatoms. The van der Waals surface area contributed by atoms with E-state index >= 15 is 0 Å². The molecule has 0 amide bonds. The van der Waals surface area contributed by atoms with E-state index < -0.39 is 8.07 Å². The molecule has 1 aliphatic heterocycles. The normalized spacial score (nSPS) is 12.9. The molecule has 13 rings (SSSR count). The average Bonchev–Trinajstić information content (AvgIpc) is 3.99. The number of benzene rings is 9. The van der Waals surface area contributed by atoms with Crippen molar-refractivity contribution in [2.75, 3.05) is 0 Å². The van der Waals surface area contributed by atoms with Crippen LogP contribution in [0.1, 0.15) is 0 Å². The van der Waals surface area contributed by atoms with E-state index in [4.69, 9.17) is 9.97 Å². The summed E-state index contributed by atoms with van der Waals surface area (Å²) in [6, 6.07) is 83.7. The van der Waals surface area contributed by atoms with Gasteiger partial charge in [0.1, 0.15) is 0 Å². The molecule has 0 radical (unpaired) electrons. The monoisotopic (exact) mass is 818 g/mol. The topological polar surface area (TPSA) is 35.6 Å². The van der Waals surface area contributed by atoms with E-state index in [-0.39, 0.29) is 0 Å². The first-order valence-electron chi connectivity index (χ1n) is 21.6. The minimum atomic E-state index is -2.87. The summed E-state index contributed by atoms with van der Waals surface area (Å²) < 4.78 is 4.85. The van der Waals surface area contributed by atoms with Gasteiger partial charge in [0.05, 0.1) is 33.5 Å². The molecule has 0 fully saturated rings. The van der Waals surface area contributed by atoms with Gasteiger partial charge in [-0.2, -0.15) is 0 Å². The van der Waals surface area contributed by atoms with E-state index in [1.807, 2.05) is 0 Å². The maximum absolute atomic E-state index is 5.63. The van der Waals surface area contributed by atoms with Crippen LogP contribution in [-0.4, -0.2) is 27.2 Å². The van der Waals surface area contributed by atoms with Crippen LogP contribution in [0.3, 0.4) is 0 Å². The summed E-state index contributed by atoms with van der Waals surface area (Å²) >= 11 is 0. The molecule has 0 saturated heterocycles. The van der Waals surface area contributed by atoms with Crippen LogP contribution in [0.4, 0.5) is 0 Å². The minimum absolute atomic E-state index is 0.718. The smallest absolute Gasteiger partial charge is 0.185 e. The van der Waals surface area contributed by atoms with E-state index in [0.29, 0.717) is 0 Å². The summed E-state index contributed by atoms with van der Waals surface area (Å²) in [5.41, 5.74) is 12.3. The van der Waals surface area contributed by atoms with Crippen molar-refractivity contribution >= 4 is 72.4 Å². The van der Waals surface area contributed by atoms with Crippen LogP contribution in [-0.2, 0) is 0 Å². The standard InChI is InChI=1S/C58H38N4Si/c1-5-19-39(20-6-1)54-57-55(48-29-15-18-32-52(48)63(57,43-23-9-3-10-24-43)44-25-11-4-12-26-44)60-58(59-54)40-33-35-42(36-34-40)62-49-30-16-13-27-45(49)46-37-38-51-53(56(46)62)47-28-14-17-31-50(47)61(51)41-21-7-2-8-22-41/h1-38H. The Morgan fingerprint density at radius 2 is 0.889 bits per heavy atom. The van der Waals surface area contributed by atoms with Gasteiger partial charge in [-0.3, -0.25) is 0 Å². The molecule has 12 aromatic rings. The fourth-order valence-electron chi connectivity index (χ4n) is 10.6. The maximum Gasteiger partial charge on any atom is 0.185 e. The Hall–Kier alpha value is -8.12. The summed E-state index contributed by atoms with van der Waals surface area (Å²) in [6.45, 7) is 0. The molecule has 4 heterocycles. The van der Waals surface area contributed by atoms with E-state index in [1.165, 1.54) is 69.9 Å². The molecule has 0 N–H and O–H groups in total. The zero-order chi connectivity index (χ0) is 41.5. The number of hydrogen-bond acceptors (Lipinski definition) is 2. The highest BCUT2D eigenvalue weighted by atomic mass is 28.3. The first kappa shape index (κ1) is 35.6. The summed E-state index contributed by atoms with van der Waals surface area (Å²) in [5, 5.41) is 10.2. The second kappa shape index (κ2) is 14.0. The molecule has 0 saturated carbocycles. The van der Waals surface area contributed by atoms with Crippen LogP contribution in [0.5, 0.6) is 0 Å². The summed E-state index contributed by atoms with van der Waals surface area (Å²) in [7, 11) is -2.87. The van der Waals surface area contributed by atoms with E-state index in [1.54, 1.807) is 0 Å². The van der Waals surface area contributed by atoms with Gasteiger partial charge < -0.3 is 9.13 Å². The second-order valence-corrected chi connectivity index (χ2v) is 20.1. The van der Waals surface area contributed by atoms with Crippen LogP contribution in [0.15, 0.2) is 231 Å². The van der Waals surface area contributed by atoms with Crippen molar-refractivity contribution in [3.63, 3.8) is 0 Å². The van der Waals surface area contributed by atoms with Gasteiger partial charge in [-0.1, -0.05) is 176 Å². The lowest BCUT2D eigenvalue weighted by Gasteiger charge is -2.32. The third kappa shape index (κ3) is 5.14. The van der Waals surface area contributed by atoms with Crippen molar-refractivity contribution in [3.8, 4) is 45.3 Å². The van der Waals surface area contributed by atoms with Crippen LogP contribution in [0.2, 0.25) is 0 Å². The van der Waals surface area contributed by atoms with Crippen molar-refractivity contribution in [2.45, 2.75) is 0 Å². The minimum Gasteiger partial charge on any atom is -0.309 e. The Kier molecular flexibility index (Phi) is 7.89. The predicted molar refractivity (Wildman–Crippen MR) is 264 cm³/mol. The lowest BCUT2D eigenvalue weighted by molar-refractivity contribution is 1.17. The molecule has 9 aromatic carbocycles. The molecule has 0 spiro atoms. The number of rotatable bonds is 6. The van der Waals surface area contributed by atoms with Gasteiger partial charge >= 0.3 is 0 Å². The van der Waals surface area contributed by atoms with Gasteiger partial charge in [-0.05, 0) is 70.2 Å². The maximum atomic E-state index is 5.63. The highest BCUT2D eigenvalue weighted by Crippen LogP contribution is 2.42. The van der Waals surface area contributed by atoms with Crippen molar-refractivity contribution in [3.05, 3.63) is 231 Å². The molecule has 0 unspecified atom stereocenters. The van der Waals surface area contributed by atoms with Crippen molar-refractivity contribution < 1.29 is 0 Å². The third-order valence-electron chi connectivity index (χ3n) is 13.2. The lowest BCUT2D eigenvalue weighted by Crippen LogP contribution is -2.73. The Bertz CT molecular complexity index is 3670. The predicted octanol–water partition coefficient (Wildman–Crippen LogP) is 11.4. The van der Waals surface area contributed by atoms with Crippen molar-refractivity contribution in [2.24, 2.45) is 0 Å². The van der Waals surface area contributed by atoms with Gasteiger partial charge in [-0.15, -0.1) is 0 Å². The zero-order valence-electron chi connectivity index (χ0n) is 34.2. The van der Waals surface area contributed by atoms with Crippen molar-refractivity contribution in [1.29, 1.82) is 0 Å². The first-order valence-corrected chi connectivity index (χ1v) is 23.6. The number of fused-ring (bicyclic) bond motifs is 10. The molecular weight excluding hydrogens is 781 g/mol. The third-order valence-corrected chi connectivity index (χ3v) is 18.1. The summed E-state index contributed by atoms with van der Waals surface area (Å²) in [5.74, 6) is 0.718. The summed E-state index contributed by atoms with van der Waals surface area (Å²) in [6.07, 6.45) is 0. The number of hydrogen-bond donors (Lipinski definition) is 0. The number of aromatic nitrogens is 4. The van der Waals surface area contributed by atoms with Crippen LogP contribution >= 0.6 is 0 Å². The molecule has 63 heavy (non-hydrogen) atoms. The van der Waals surface area contributed by atoms with Crippen LogP contribution in [0, 0.1) is 0 Å². The van der Waals surface area contributed by atoms with Gasteiger partial charge in [0.25, 0.3) is 0 Å². The fourth-order valence-corrected chi connectivity index (χ4v) is 15.9. The molecule has 0 aliphatic carbocycles. The molecule has 1 aliphatic rings. The zero-order valence-corrected chi connectivity index (χ0v) is 35.2. The highest BCUT2D eigenvalue weighted by Gasteiger charge is 2.51. The van der Waals surface area contributed by atoms with E-state index in [0.717, 1.165) is 39.7 Å². The molecule has 0 bridgehead atoms. The SMILES string of the molecule is c1ccc(-c2nc(-c3ccc(-n4c5ccccc5c5ccc6c(c7ccccc7n6-c6ccccc6)c54)cc3)nc3c2[Si](c2ccccc2)(c2ccccc2)c2ccccc2-3)cc1. The van der Waals surface area contributed by atoms with Crippen LogP contribution < -0.4 is 20.7 Å². The summed E-state index contributed by atoms with van der Waals surface area (Å²) in [4.78, 5) is 11.2. The van der Waals surface area contributed by atoms with Gasteiger partial charge in [0.2, 0.25) is 0 Å². The Morgan fingerprint density at radius 1 is 0.349 bits per heavy atom.